The van der Waals surface area contributed by atoms with Crippen molar-refractivity contribution in [2.45, 2.75) is 6.17 Å². The van der Waals surface area contributed by atoms with Crippen LogP contribution in [-0.2, 0) is 0 Å². The fraction of sp³-hybridized carbons (Fsp3) is 0.250. The Balaban J connectivity index is 2.25. The van der Waals surface area contributed by atoms with Gasteiger partial charge in [0.05, 0.1) is 6.17 Å². The molecule has 1 N–H and O–H groups in total. The molecule has 1 unspecified atom stereocenters. The summed E-state index contributed by atoms with van der Waals surface area (Å²) in [5.41, 5.74) is 3.80. The molecule has 0 spiro atoms. The molecule has 0 bridgehead atoms. The van der Waals surface area contributed by atoms with Crippen LogP contribution in [0.5, 0.6) is 0 Å². The highest BCUT2D eigenvalue weighted by Crippen LogP contribution is 2.22. The maximum Gasteiger partial charge on any atom is 0.0853 e. The lowest BCUT2D eigenvalue weighted by atomic mass is 10.0. The number of hydrogen-bond donors (Lipinski definition) is 1. The molecule has 1 atom stereocenters. The second-order valence-electron chi connectivity index (χ2n) is 4.64. The third-order valence-corrected chi connectivity index (χ3v) is 3.12. The van der Waals surface area contributed by atoms with Gasteiger partial charge in [-0.1, -0.05) is 54.6 Å². The standard InChI is InChI=1S/C16H20N2/c1-17-16(18(2)3)15-11-9-14(10-12-15)13-7-5-4-6-8-13/h4-12,16-17H,1-3H3. The molecule has 18 heavy (non-hydrogen) atoms. The molecule has 2 nitrogen and oxygen atoms in total. The summed E-state index contributed by atoms with van der Waals surface area (Å²) in [4.78, 5) is 2.16. The lowest BCUT2D eigenvalue weighted by Crippen LogP contribution is -2.30. The van der Waals surface area contributed by atoms with Crippen molar-refractivity contribution in [2.24, 2.45) is 0 Å². The van der Waals surface area contributed by atoms with E-state index < -0.39 is 0 Å². The molecule has 0 radical (unpaired) electrons. The van der Waals surface area contributed by atoms with Crippen molar-refractivity contribution in [3.05, 3.63) is 60.2 Å². The summed E-state index contributed by atoms with van der Waals surface area (Å²) in [5, 5.41) is 3.30. The number of hydrogen-bond acceptors (Lipinski definition) is 2. The summed E-state index contributed by atoms with van der Waals surface area (Å²) < 4.78 is 0. The Bertz CT molecular complexity index is 474. The lowest BCUT2D eigenvalue weighted by Gasteiger charge is -2.24. The first-order valence-electron chi connectivity index (χ1n) is 6.21. The van der Waals surface area contributed by atoms with Crippen molar-refractivity contribution in [1.29, 1.82) is 0 Å². The van der Waals surface area contributed by atoms with E-state index in [1.165, 1.54) is 16.7 Å². The van der Waals surface area contributed by atoms with Crippen LogP contribution in [0.4, 0.5) is 0 Å². The van der Waals surface area contributed by atoms with Crippen LogP contribution in [0.25, 0.3) is 11.1 Å². The zero-order valence-corrected chi connectivity index (χ0v) is 11.2. The van der Waals surface area contributed by atoms with Gasteiger partial charge in [-0.25, -0.2) is 0 Å². The van der Waals surface area contributed by atoms with E-state index in [1.54, 1.807) is 0 Å². The molecule has 0 amide bonds. The van der Waals surface area contributed by atoms with Crippen LogP contribution in [0.1, 0.15) is 11.7 Å². The topological polar surface area (TPSA) is 15.3 Å². The van der Waals surface area contributed by atoms with E-state index in [4.69, 9.17) is 0 Å². The van der Waals surface area contributed by atoms with Crippen LogP contribution < -0.4 is 5.32 Å². The zero-order valence-electron chi connectivity index (χ0n) is 11.2. The zero-order chi connectivity index (χ0) is 13.0. The molecule has 0 aliphatic carbocycles. The van der Waals surface area contributed by atoms with E-state index in [2.05, 4.69) is 72.8 Å². The van der Waals surface area contributed by atoms with Crippen LogP contribution in [0.3, 0.4) is 0 Å². The molecule has 0 aromatic heterocycles. The summed E-state index contributed by atoms with van der Waals surface area (Å²) in [5.74, 6) is 0. The van der Waals surface area contributed by atoms with E-state index >= 15 is 0 Å². The third kappa shape index (κ3) is 2.78. The Hall–Kier alpha value is -1.64. The van der Waals surface area contributed by atoms with Gasteiger partial charge in [-0.05, 0) is 37.8 Å². The van der Waals surface area contributed by atoms with Gasteiger partial charge in [-0.15, -0.1) is 0 Å². The van der Waals surface area contributed by atoms with E-state index in [9.17, 15) is 0 Å². The monoisotopic (exact) mass is 240 g/mol. The van der Waals surface area contributed by atoms with E-state index in [-0.39, 0.29) is 6.17 Å². The Labute approximate surface area is 109 Å². The SMILES string of the molecule is CNC(c1ccc(-c2ccccc2)cc1)N(C)C. The molecule has 0 aliphatic heterocycles. The van der Waals surface area contributed by atoms with E-state index in [1.807, 2.05) is 13.1 Å². The Kier molecular flexibility index (Phi) is 4.13. The minimum Gasteiger partial charge on any atom is -0.301 e. The van der Waals surface area contributed by atoms with E-state index in [0.29, 0.717) is 0 Å². The Morgan fingerprint density at radius 2 is 1.39 bits per heavy atom. The highest BCUT2D eigenvalue weighted by Gasteiger charge is 2.10. The molecule has 2 rings (SSSR count). The molecule has 2 aromatic carbocycles. The largest absolute Gasteiger partial charge is 0.301 e. The van der Waals surface area contributed by atoms with Gasteiger partial charge in [-0.3, -0.25) is 4.90 Å². The second-order valence-corrected chi connectivity index (χ2v) is 4.64. The van der Waals surface area contributed by atoms with Crippen LogP contribution >= 0.6 is 0 Å². The molecule has 0 saturated carbocycles. The van der Waals surface area contributed by atoms with Gasteiger partial charge in [0.15, 0.2) is 0 Å². The predicted octanol–water partition coefficient (Wildman–Crippen LogP) is 3.13. The van der Waals surface area contributed by atoms with Gasteiger partial charge in [0.25, 0.3) is 0 Å². The van der Waals surface area contributed by atoms with Crippen molar-refractivity contribution in [2.75, 3.05) is 21.1 Å². The van der Waals surface area contributed by atoms with Gasteiger partial charge in [0.2, 0.25) is 0 Å². The number of nitrogens with one attached hydrogen (secondary N) is 1. The molecule has 0 heterocycles. The van der Waals surface area contributed by atoms with Gasteiger partial charge < -0.3 is 5.32 Å². The highest BCUT2D eigenvalue weighted by molar-refractivity contribution is 5.63. The van der Waals surface area contributed by atoms with Crippen molar-refractivity contribution >= 4 is 0 Å². The van der Waals surface area contributed by atoms with Gasteiger partial charge >= 0.3 is 0 Å². The van der Waals surface area contributed by atoms with Crippen molar-refractivity contribution in [3.63, 3.8) is 0 Å². The lowest BCUT2D eigenvalue weighted by molar-refractivity contribution is 0.265. The van der Waals surface area contributed by atoms with Crippen LogP contribution in [0.15, 0.2) is 54.6 Å². The summed E-state index contributed by atoms with van der Waals surface area (Å²) in [6.45, 7) is 0. The Morgan fingerprint density at radius 1 is 0.833 bits per heavy atom. The van der Waals surface area contributed by atoms with Crippen LogP contribution in [-0.4, -0.2) is 26.0 Å². The fourth-order valence-electron chi connectivity index (χ4n) is 2.21. The molecule has 0 saturated heterocycles. The maximum absolute atomic E-state index is 3.30. The summed E-state index contributed by atoms with van der Waals surface area (Å²) >= 11 is 0. The van der Waals surface area contributed by atoms with Gasteiger partial charge in [0.1, 0.15) is 0 Å². The van der Waals surface area contributed by atoms with Gasteiger partial charge in [-0.2, -0.15) is 0 Å². The molecular weight excluding hydrogens is 220 g/mol. The Morgan fingerprint density at radius 3 is 1.89 bits per heavy atom. The first-order valence-corrected chi connectivity index (χ1v) is 6.21. The summed E-state index contributed by atoms with van der Waals surface area (Å²) in [7, 11) is 6.13. The number of rotatable bonds is 4. The first-order chi connectivity index (χ1) is 8.72. The fourth-order valence-corrected chi connectivity index (χ4v) is 2.21. The van der Waals surface area contributed by atoms with E-state index in [0.717, 1.165) is 0 Å². The molecule has 2 aromatic rings. The van der Waals surface area contributed by atoms with Crippen LogP contribution in [0, 0.1) is 0 Å². The predicted molar refractivity (Wildman–Crippen MR) is 77.4 cm³/mol. The number of benzene rings is 2. The quantitative estimate of drug-likeness (QED) is 0.826. The highest BCUT2D eigenvalue weighted by atomic mass is 15.2. The van der Waals surface area contributed by atoms with Crippen molar-refractivity contribution in [1.82, 2.24) is 10.2 Å². The third-order valence-electron chi connectivity index (χ3n) is 3.12. The second kappa shape index (κ2) is 5.80. The average molecular weight is 240 g/mol. The average Bonchev–Trinajstić information content (AvgIpc) is 2.41. The molecule has 94 valence electrons. The summed E-state index contributed by atoms with van der Waals surface area (Å²) in [6.07, 6.45) is 0.259. The molecule has 0 aliphatic rings. The summed E-state index contributed by atoms with van der Waals surface area (Å²) in [6, 6.07) is 19.2. The molecule has 0 fully saturated rings. The van der Waals surface area contributed by atoms with Crippen molar-refractivity contribution in [3.8, 4) is 11.1 Å². The van der Waals surface area contributed by atoms with Crippen molar-refractivity contribution < 1.29 is 0 Å². The molecule has 2 heteroatoms. The van der Waals surface area contributed by atoms with Crippen LogP contribution in [0.2, 0.25) is 0 Å². The number of nitrogens with zero attached hydrogens (tertiary/aromatic N) is 1. The minimum absolute atomic E-state index is 0.259. The maximum atomic E-state index is 3.30. The smallest absolute Gasteiger partial charge is 0.0853 e. The minimum atomic E-state index is 0.259. The van der Waals surface area contributed by atoms with Gasteiger partial charge in [0, 0.05) is 0 Å². The molecular formula is C16H20N2. The normalized spacial score (nSPS) is 12.7. The first kappa shape index (κ1) is 12.8.